The van der Waals surface area contributed by atoms with Crippen molar-refractivity contribution in [2.24, 2.45) is 10.9 Å². The summed E-state index contributed by atoms with van der Waals surface area (Å²) in [5.41, 5.74) is 2.55. The van der Waals surface area contributed by atoms with E-state index in [0.717, 1.165) is 16.3 Å². The minimum Gasteiger partial charge on any atom is -0.477 e. The summed E-state index contributed by atoms with van der Waals surface area (Å²) >= 11 is 0. The van der Waals surface area contributed by atoms with E-state index >= 15 is 0 Å². The topological polar surface area (TPSA) is 113 Å². The molecule has 0 radical (unpaired) electrons. The fourth-order valence-corrected chi connectivity index (χ4v) is 3.68. The van der Waals surface area contributed by atoms with Gasteiger partial charge in [0, 0.05) is 16.7 Å². The number of aromatic carboxylic acids is 1. The Morgan fingerprint density at radius 2 is 1.57 bits per heavy atom. The van der Waals surface area contributed by atoms with Crippen molar-refractivity contribution in [3.8, 4) is 0 Å². The van der Waals surface area contributed by atoms with E-state index in [9.17, 15) is 19.8 Å². The second-order valence-corrected chi connectivity index (χ2v) is 6.73. The van der Waals surface area contributed by atoms with Crippen molar-refractivity contribution in [3.05, 3.63) is 65.5 Å². The average molecular weight is 371 g/mol. The molecule has 2 unspecified atom stereocenters. The van der Waals surface area contributed by atoms with E-state index in [1.54, 1.807) is 6.07 Å². The third-order valence-electron chi connectivity index (χ3n) is 5.04. The lowest BCUT2D eigenvalue weighted by molar-refractivity contribution is -0.129. The Bertz CT molecular complexity index is 1290. The van der Waals surface area contributed by atoms with Gasteiger partial charge in [-0.2, -0.15) is 0 Å². The first-order valence-corrected chi connectivity index (χ1v) is 8.66. The molecule has 0 fully saturated rings. The number of rotatable bonds is 2. The number of aliphatic carboxylic acids is 1. The summed E-state index contributed by atoms with van der Waals surface area (Å²) in [5.74, 6) is -2.25. The van der Waals surface area contributed by atoms with E-state index in [1.165, 1.54) is 12.1 Å². The lowest BCUT2D eigenvalue weighted by Gasteiger charge is -2.27. The highest BCUT2D eigenvalue weighted by Crippen LogP contribution is 2.39. The van der Waals surface area contributed by atoms with Crippen LogP contribution in [0.25, 0.3) is 27.9 Å². The van der Waals surface area contributed by atoms with Gasteiger partial charge >= 0.3 is 11.9 Å². The van der Waals surface area contributed by atoms with Crippen LogP contribution in [0.4, 0.5) is 0 Å². The van der Waals surface area contributed by atoms with Gasteiger partial charge < -0.3 is 10.2 Å². The van der Waals surface area contributed by atoms with Crippen LogP contribution in [0, 0.1) is 5.92 Å². The van der Waals surface area contributed by atoms with Crippen LogP contribution in [-0.2, 0) is 4.79 Å². The molecule has 1 aromatic carbocycles. The smallest absolute Gasteiger partial charge is 0.354 e. The van der Waals surface area contributed by atoms with Gasteiger partial charge in [-0.15, -0.1) is 0 Å². The number of carbonyl (C=O) groups is 2. The lowest BCUT2D eigenvalue weighted by atomic mass is 9.85. The fraction of sp³-hybridized carbons (Fsp3) is 0.0952. The van der Waals surface area contributed by atoms with Gasteiger partial charge in [-0.05, 0) is 23.8 Å². The molecular formula is C21H13N3O4. The number of pyridine rings is 2. The molecule has 136 valence electrons. The van der Waals surface area contributed by atoms with E-state index in [2.05, 4.69) is 9.98 Å². The van der Waals surface area contributed by atoms with Gasteiger partial charge in [-0.1, -0.05) is 36.4 Å². The van der Waals surface area contributed by atoms with Gasteiger partial charge in [-0.3, -0.25) is 4.99 Å². The Morgan fingerprint density at radius 3 is 2.36 bits per heavy atom. The van der Waals surface area contributed by atoms with Gasteiger partial charge in [0.1, 0.15) is 17.4 Å². The number of hydrogen-bond donors (Lipinski definition) is 2. The second-order valence-electron chi connectivity index (χ2n) is 6.73. The largest absolute Gasteiger partial charge is 0.477 e. The zero-order valence-corrected chi connectivity index (χ0v) is 14.4. The molecule has 0 saturated carbocycles. The van der Waals surface area contributed by atoms with Crippen LogP contribution in [0.5, 0.6) is 0 Å². The van der Waals surface area contributed by atoms with Gasteiger partial charge in [-0.25, -0.2) is 19.6 Å². The van der Waals surface area contributed by atoms with Crippen LogP contribution in [-0.4, -0.2) is 37.8 Å². The number of hydrogen-bond acceptors (Lipinski definition) is 5. The van der Waals surface area contributed by atoms with Crippen molar-refractivity contribution >= 4 is 45.5 Å². The first-order valence-electron chi connectivity index (χ1n) is 8.66. The molecule has 0 spiro atoms. The monoisotopic (exact) mass is 371 g/mol. The normalized spacial score (nSPS) is 19.9. The molecule has 1 aliphatic carbocycles. The summed E-state index contributed by atoms with van der Waals surface area (Å²) < 4.78 is 0. The van der Waals surface area contributed by atoms with Crippen LogP contribution < -0.4 is 0 Å². The maximum absolute atomic E-state index is 11.3. The van der Waals surface area contributed by atoms with Gasteiger partial charge in [0.2, 0.25) is 0 Å². The molecule has 5 rings (SSSR count). The Kier molecular flexibility index (Phi) is 3.39. The van der Waals surface area contributed by atoms with Crippen molar-refractivity contribution in [1.82, 2.24) is 9.97 Å². The minimum atomic E-state index is -1.10. The number of benzene rings is 1. The number of aromatic nitrogens is 2. The van der Waals surface area contributed by atoms with Crippen LogP contribution in [0.15, 0.2) is 53.6 Å². The summed E-state index contributed by atoms with van der Waals surface area (Å²) in [5, 5.41) is 20.2. The first kappa shape index (κ1) is 16.3. The highest BCUT2D eigenvalue weighted by molar-refractivity contribution is 6.40. The molecule has 7 nitrogen and oxygen atoms in total. The average Bonchev–Trinajstić information content (AvgIpc) is 2.71. The molecule has 2 aliphatic rings. The summed E-state index contributed by atoms with van der Waals surface area (Å²) in [6, 6.07) is 8.48. The van der Waals surface area contributed by atoms with Crippen LogP contribution in [0.2, 0.25) is 0 Å². The maximum atomic E-state index is 11.3. The van der Waals surface area contributed by atoms with Crippen LogP contribution in [0.3, 0.4) is 0 Å². The molecule has 2 N–H and O–H groups in total. The van der Waals surface area contributed by atoms with Crippen LogP contribution in [0.1, 0.15) is 27.8 Å². The number of carboxylic acid groups (broad SMARTS) is 2. The third-order valence-corrected chi connectivity index (χ3v) is 5.04. The van der Waals surface area contributed by atoms with E-state index in [1.807, 2.05) is 36.4 Å². The van der Waals surface area contributed by atoms with Crippen LogP contribution >= 0.6 is 0 Å². The van der Waals surface area contributed by atoms with Crippen molar-refractivity contribution < 1.29 is 19.8 Å². The summed E-state index contributed by atoms with van der Waals surface area (Å²) in [4.78, 5) is 36.1. The number of aliphatic imine (C=N–C) groups is 1. The fourth-order valence-electron chi connectivity index (χ4n) is 3.68. The summed E-state index contributed by atoms with van der Waals surface area (Å²) in [7, 11) is 0. The zero-order chi connectivity index (χ0) is 19.4. The molecule has 7 heteroatoms. The molecule has 3 aromatic rings. The molecular weight excluding hydrogens is 358 g/mol. The highest BCUT2D eigenvalue weighted by atomic mass is 16.4. The van der Waals surface area contributed by atoms with Gasteiger partial charge in [0.25, 0.3) is 0 Å². The number of dihydropyridines is 1. The van der Waals surface area contributed by atoms with E-state index < -0.39 is 18.0 Å². The highest BCUT2D eigenvalue weighted by Gasteiger charge is 2.30. The predicted octanol–water partition coefficient (Wildman–Crippen LogP) is 3.26. The second kappa shape index (κ2) is 5.82. The Labute approximate surface area is 158 Å². The molecule has 0 bridgehead atoms. The van der Waals surface area contributed by atoms with E-state index in [-0.39, 0.29) is 17.3 Å². The zero-order valence-electron chi connectivity index (χ0n) is 14.4. The molecule has 28 heavy (non-hydrogen) atoms. The molecule has 2 atom stereocenters. The quantitative estimate of drug-likeness (QED) is 0.669. The summed E-state index contributed by atoms with van der Waals surface area (Å²) in [6.07, 6.45) is 7.27. The van der Waals surface area contributed by atoms with Crippen molar-refractivity contribution in [2.45, 2.75) is 6.04 Å². The van der Waals surface area contributed by atoms with Gasteiger partial charge in [0.15, 0.2) is 0 Å². The lowest BCUT2D eigenvalue weighted by Crippen LogP contribution is -2.22. The van der Waals surface area contributed by atoms with E-state index in [4.69, 9.17) is 4.98 Å². The molecule has 2 aromatic heterocycles. The minimum absolute atomic E-state index is 0.00592. The SMILES string of the molecule is O=C(O)C1=NC2c3nc4c(ccc5ccc(C(=O)O)nc54)cc3C=CC2C=C1. The molecule has 0 amide bonds. The van der Waals surface area contributed by atoms with E-state index in [0.29, 0.717) is 16.7 Å². The summed E-state index contributed by atoms with van der Waals surface area (Å²) in [6.45, 7) is 0. The van der Waals surface area contributed by atoms with Crippen molar-refractivity contribution in [3.63, 3.8) is 0 Å². The third kappa shape index (κ3) is 2.40. The number of carboxylic acids is 2. The first-order chi connectivity index (χ1) is 13.5. The van der Waals surface area contributed by atoms with Crippen molar-refractivity contribution in [1.29, 1.82) is 0 Å². The Balaban J connectivity index is 1.78. The maximum Gasteiger partial charge on any atom is 0.354 e. The molecule has 1 aliphatic heterocycles. The predicted molar refractivity (Wildman–Crippen MR) is 103 cm³/mol. The number of nitrogens with zero attached hydrogens (tertiary/aromatic N) is 3. The van der Waals surface area contributed by atoms with Gasteiger partial charge in [0.05, 0.1) is 16.7 Å². The molecule has 0 saturated heterocycles. The number of fused-ring (bicyclic) bond motifs is 6. The standard InChI is InChI=1S/C21H13N3O4/c25-20(26)14-7-5-10-1-3-12-9-13-4-2-11-6-8-15(21(27)28)23-17(11)19(13)24-18(12)16(10)22-14/h1-10,16H,(H,25,26)(H,27,28). The van der Waals surface area contributed by atoms with Crippen molar-refractivity contribution in [2.75, 3.05) is 0 Å². The molecule has 3 heterocycles. The Hall–Kier alpha value is -3.87. The Morgan fingerprint density at radius 1 is 0.857 bits per heavy atom.